The van der Waals surface area contributed by atoms with Crippen LogP contribution in [0.3, 0.4) is 0 Å². The Morgan fingerprint density at radius 2 is 2.11 bits per heavy atom. The van der Waals surface area contributed by atoms with Gasteiger partial charge in [0.1, 0.15) is 12.6 Å². The van der Waals surface area contributed by atoms with Crippen molar-refractivity contribution in [1.82, 2.24) is 9.80 Å². The molecule has 2 rings (SSSR count). The average Bonchev–Trinajstić information content (AvgIpc) is 2.65. The number of piperidine rings is 1. The molecule has 0 unspecified atom stereocenters. The first-order chi connectivity index (χ1) is 13.2. The number of carbonyl (C=O) groups excluding carboxylic acids is 2. The van der Waals surface area contributed by atoms with Gasteiger partial charge in [0, 0.05) is 18.1 Å². The van der Waals surface area contributed by atoms with E-state index in [1.165, 1.54) is 14.0 Å². The number of rotatable bonds is 6. The molecule has 1 aromatic carbocycles. The molecule has 1 heterocycles. The molecule has 0 bridgehead atoms. The number of alkyl halides is 3. The summed E-state index contributed by atoms with van der Waals surface area (Å²) >= 11 is 6.04. The van der Waals surface area contributed by atoms with Crippen LogP contribution in [0.4, 0.5) is 13.2 Å². The predicted molar refractivity (Wildman–Crippen MR) is 98.8 cm³/mol. The van der Waals surface area contributed by atoms with Crippen LogP contribution in [0.1, 0.15) is 31.4 Å². The van der Waals surface area contributed by atoms with Crippen LogP contribution in [0.15, 0.2) is 24.3 Å². The van der Waals surface area contributed by atoms with Gasteiger partial charge in [-0.15, -0.1) is 0 Å². The first-order valence-electron chi connectivity index (χ1n) is 9.09. The van der Waals surface area contributed by atoms with E-state index in [9.17, 15) is 22.8 Å². The number of amides is 1. The molecule has 2 atom stereocenters. The van der Waals surface area contributed by atoms with E-state index >= 15 is 0 Å². The van der Waals surface area contributed by atoms with E-state index in [4.69, 9.17) is 16.3 Å². The Bertz CT molecular complexity index is 699. The lowest BCUT2D eigenvalue weighted by Crippen LogP contribution is -2.49. The zero-order valence-corrected chi connectivity index (χ0v) is 16.6. The van der Waals surface area contributed by atoms with Crippen molar-refractivity contribution in [3.63, 3.8) is 0 Å². The van der Waals surface area contributed by atoms with Gasteiger partial charge in [0.15, 0.2) is 0 Å². The number of hydrogen-bond donors (Lipinski definition) is 0. The van der Waals surface area contributed by atoms with Gasteiger partial charge in [-0.2, -0.15) is 13.2 Å². The van der Waals surface area contributed by atoms with E-state index < -0.39 is 36.6 Å². The highest BCUT2D eigenvalue weighted by Gasteiger charge is 2.38. The summed E-state index contributed by atoms with van der Waals surface area (Å²) in [5, 5.41) is 0.457. The van der Waals surface area contributed by atoms with Gasteiger partial charge in [0.25, 0.3) is 0 Å². The fraction of sp³-hybridized carbons (Fsp3) is 0.579. The van der Waals surface area contributed by atoms with Gasteiger partial charge in [0.05, 0.1) is 13.0 Å². The summed E-state index contributed by atoms with van der Waals surface area (Å²) in [7, 11) is 1.27. The fourth-order valence-corrected chi connectivity index (χ4v) is 3.75. The Kier molecular flexibility index (Phi) is 7.71. The third-order valence-corrected chi connectivity index (χ3v) is 5.05. The topological polar surface area (TPSA) is 49.9 Å². The van der Waals surface area contributed by atoms with Crippen LogP contribution in [0.5, 0.6) is 0 Å². The molecule has 0 aromatic heterocycles. The van der Waals surface area contributed by atoms with Crippen LogP contribution in [0.2, 0.25) is 5.02 Å². The molecule has 1 saturated heterocycles. The maximum Gasteiger partial charge on any atom is 0.406 e. The SMILES string of the molecule is CCN(CC(F)(F)F)C(=O)[C@H]1CCCN([C@H](C(=O)OC)c2cccc(Cl)c2)C1. The summed E-state index contributed by atoms with van der Waals surface area (Å²) in [5.74, 6) is -1.65. The zero-order valence-electron chi connectivity index (χ0n) is 15.8. The van der Waals surface area contributed by atoms with Crippen LogP contribution in [-0.2, 0) is 14.3 Å². The number of ether oxygens (including phenoxy) is 1. The van der Waals surface area contributed by atoms with Crippen molar-refractivity contribution in [2.45, 2.75) is 32.0 Å². The highest BCUT2D eigenvalue weighted by atomic mass is 35.5. The number of hydrogen-bond acceptors (Lipinski definition) is 4. The van der Waals surface area contributed by atoms with E-state index in [1.807, 2.05) is 0 Å². The standard InChI is InChI=1S/C19H24ClF3N2O3/c1-3-24(12-19(21,22)23)17(26)14-7-5-9-25(11-14)16(18(27)28-2)13-6-4-8-15(20)10-13/h4,6,8,10,14,16H,3,5,7,9,11-12H2,1-2H3/t14-,16-/m0/s1. The first kappa shape index (κ1) is 22.5. The van der Waals surface area contributed by atoms with Crippen LogP contribution >= 0.6 is 11.6 Å². The van der Waals surface area contributed by atoms with Crippen LogP contribution < -0.4 is 0 Å². The summed E-state index contributed by atoms with van der Waals surface area (Å²) in [6.07, 6.45) is -3.38. The molecule has 1 aliphatic rings. The lowest BCUT2D eigenvalue weighted by atomic mass is 9.93. The molecule has 0 saturated carbocycles. The minimum atomic E-state index is -4.45. The lowest BCUT2D eigenvalue weighted by molar-refractivity contribution is -0.165. The van der Waals surface area contributed by atoms with E-state index in [0.29, 0.717) is 30.0 Å². The molecular weight excluding hydrogens is 397 g/mol. The van der Waals surface area contributed by atoms with Gasteiger partial charge in [-0.1, -0.05) is 23.7 Å². The first-order valence-corrected chi connectivity index (χ1v) is 9.47. The smallest absolute Gasteiger partial charge is 0.406 e. The molecule has 5 nitrogen and oxygen atoms in total. The Labute approximate surface area is 167 Å². The molecule has 156 valence electrons. The minimum Gasteiger partial charge on any atom is -0.468 e. The molecule has 9 heteroatoms. The van der Waals surface area contributed by atoms with Crippen molar-refractivity contribution in [2.75, 3.05) is 33.3 Å². The summed E-state index contributed by atoms with van der Waals surface area (Å²) in [6, 6.07) is 6.01. The van der Waals surface area contributed by atoms with Crippen molar-refractivity contribution in [2.24, 2.45) is 5.92 Å². The Balaban J connectivity index is 2.21. The summed E-state index contributed by atoms with van der Waals surface area (Å²) in [4.78, 5) is 27.7. The van der Waals surface area contributed by atoms with E-state index in [-0.39, 0.29) is 13.1 Å². The van der Waals surface area contributed by atoms with Crippen molar-refractivity contribution >= 4 is 23.5 Å². The molecule has 28 heavy (non-hydrogen) atoms. The molecule has 1 aromatic rings. The molecule has 1 fully saturated rings. The number of likely N-dealkylation sites (tertiary alicyclic amines) is 1. The molecular formula is C19H24ClF3N2O3. The third-order valence-electron chi connectivity index (χ3n) is 4.82. The second-order valence-electron chi connectivity index (χ2n) is 6.78. The van der Waals surface area contributed by atoms with Crippen LogP contribution in [0.25, 0.3) is 0 Å². The summed E-state index contributed by atoms with van der Waals surface area (Å²) in [5.41, 5.74) is 0.620. The minimum absolute atomic E-state index is 0.0242. The van der Waals surface area contributed by atoms with Crippen LogP contribution in [-0.4, -0.2) is 61.1 Å². The Morgan fingerprint density at radius 1 is 1.39 bits per heavy atom. The second-order valence-corrected chi connectivity index (χ2v) is 7.22. The number of carbonyl (C=O) groups is 2. The van der Waals surface area contributed by atoms with Gasteiger partial charge in [-0.3, -0.25) is 9.69 Å². The maximum atomic E-state index is 12.8. The Hall–Kier alpha value is -1.80. The molecule has 1 aliphatic heterocycles. The van der Waals surface area contributed by atoms with E-state index in [1.54, 1.807) is 29.2 Å². The number of nitrogens with zero attached hydrogens (tertiary/aromatic N) is 2. The number of methoxy groups -OCH3 is 1. The van der Waals surface area contributed by atoms with Gasteiger partial charge < -0.3 is 9.64 Å². The predicted octanol–water partition coefficient (Wildman–Crippen LogP) is 3.68. The average molecular weight is 421 g/mol. The lowest BCUT2D eigenvalue weighted by Gasteiger charge is -2.38. The van der Waals surface area contributed by atoms with Crippen molar-refractivity contribution in [3.8, 4) is 0 Å². The monoisotopic (exact) mass is 420 g/mol. The molecule has 0 radical (unpaired) electrons. The summed E-state index contributed by atoms with van der Waals surface area (Å²) in [6.45, 7) is 0.936. The molecule has 0 N–H and O–H groups in total. The number of benzene rings is 1. The highest BCUT2D eigenvalue weighted by Crippen LogP contribution is 2.30. The molecule has 0 spiro atoms. The normalized spacial score (nSPS) is 19.1. The van der Waals surface area contributed by atoms with Gasteiger partial charge in [-0.25, -0.2) is 4.79 Å². The van der Waals surface area contributed by atoms with E-state index in [2.05, 4.69) is 0 Å². The third kappa shape index (κ3) is 5.85. The fourth-order valence-electron chi connectivity index (χ4n) is 3.55. The van der Waals surface area contributed by atoms with Crippen molar-refractivity contribution < 1.29 is 27.5 Å². The van der Waals surface area contributed by atoms with Gasteiger partial charge >= 0.3 is 12.1 Å². The van der Waals surface area contributed by atoms with Gasteiger partial charge in [-0.05, 0) is 44.0 Å². The van der Waals surface area contributed by atoms with Crippen LogP contribution in [0, 0.1) is 5.92 Å². The zero-order chi connectivity index (χ0) is 20.9. The number of halogens is 4. The van der Waals surface area contributed by atoms with Gasteiger partial charge in [0.2, 0.25) is 5.91 Å². The Morgan fingerprint density at radius 3 is 2.68 bits per heavy atom. The molecule has 1 amide bonds. The van der Waals surface area contributed by atoms with E-state index in [0.717, 1.165) is 4.90 Å². The maximum absolute atomic E-state index is 12.8. The summed E-state index contributed by atoms with van der Waals surface area (Å²) < 4.78 is 43.2. The second kappa shape index (κ2) is 9.60. The molecule has 0 aliphatic carbocycles. The van der Waals surface area contributed by atoms with Crippen molar-refractivity contribution in [3.05, 3.63) is 34.9 Å². The van der Waals surface area contributed by atoms with Crippen molar-refractivity contribution in [1.29, 1.82) is 0 Å². The quantitative estimate of drug-likeness (QED) is 0.659. The highest BCUT2D eigenvalue weighted by molar-refractivity contribution is 6.30. The largest absolute Gasteiger partial charge is 0.468 e. The number of esters is 1.